The van der Waals surface area contributed by atoms with Crippen LogP contribution in [-0.2, 0) is 9.59 Å². The van der Waals surface area contributed by atoms with Crippen LogP contribution in [0.2, 0.25) is 0 Å². The molecule has 15 heavy (non-hydrogen) atoms. The number of rotatable bonds is 4. The summed E-state index contributed by atoms with van der Waals surface area (Å²) in [5.74, 6) is 0.00550. The summed E-state index contributed by atoms with van der Waals surface area (Å²) in [4.78, 5) is 23.7. The number of nitrogens with two attached hydrogens (primary N) is 1. The van der Waals surface area contributed by atoms with E-state index in [1.807, 2.05) is 0 Å². The third kappa shape index (κ3) is 4.29. The number of primary amides is 1. The molecule has 0 aromatic carbocycles. The molecule has 0 aromatic heterocycles. The van der Waals surface area contributed by atoms with Crippen molar-refractivity contribution in [3.63, 3.8) is 0 Å². The van der Waals surface area contributed by atoms with E-state index < -0.39 is 5.91 Å². The van der Waals surface area contributed by atoms with Gasteiger partial charge in [-0.3, -0.25) is 9.59 Å². The fraction of sp³-hybridized carbons (Fsp3) is 0.800. The predicted molar refractivity (Wildman–Crippen MR) is 57.0 cm³/mol. The van der Waals surface area contributed by atoms with Crippen molar-refractivity contribution in [2.75, 3.05) is 26.7 Å². The molecule has 86 valence electrons. The second-order valence-corrected chi connectivity index (χ2v) is 4.11. The molecule has 5 heteroatoms. The Balaban J connectivity index is 2.30. The predicted octanol–water partition coefficient (Wildman–Crippen LogP) is -0.680. The van der Waals surface area contributed by atoms with Crippen molar-refractivity contribution < 1.29 is 9.59 Å². The van der Waals surface area contributed by atoms with E-state index in [1.54, 1.807) is 7.05 Å². The Morgan fingerprint density at radius 3 is 2.53 bits per heavy atom. The molecule has 1 saturated heterocycles. The minimum atomic E-state index is -0.462. The summed E-state index contributed by atoms with van der Waals surface area (Å²) in [7, 11) is 1.62. The van der Waals surface area contributed by atoms with E-state index in [1.165, 1.54) is 4.90 Å². The van der Waals surface area contributed by atoms with Gasteiger partial charge in [0.1, 0.15) is 0 Å². The molecule has 0 unspecified atom stereocenters. The van der Waals surface area contributed by atoms with E-state index in [0.29, 0.717) is 12.3 Å². The minimum absolute atomic E-state index is 0.0145. The minimum Gasteiger partial charge on any atom is -0.368 e. The van der Waals surface area contributed by atoms with Gasteiger partial charge >= 0.3 is 0 Å². The highest BCUT2D eigenvalue weighted by molar-refractivity contribution is 5.83. The molecular formula is C10H19N3O2. The summed E-state index contributed by atoms with van der Waals surface area (Å²) >= 11 is 0. The molecule has 2 amide bonds. The zero-order valence-corrected chi connectivity index (χ0v) is 9.16. The Kier molecular flexibility index (Phi) is 4.55. The van der Waals surface area contributed by atoms with Gasteiger partial charge in [-0.1, -0.05) is 0 Å². The van der Waals surface area contributed by atoms with Crippen LogP contribution in [-0.4, -0.2) is 43.4 Å². The van der Waals surface area contributed by atoms with E-state index >= 15 is 0 Å². The van der Waals surface area contributed by atoms with E-state index in [0.717, 1.165) is 25.9 Å². The number of hydrogen-bond acceptors (Lipinski definition) is 3. The topological polar surface area (TPSA) is 75.4 Å². The number of nitrogens with one attached hydrogen (secondary N) is 1. The monoisotopic (exact) mass is 213 g/mol. The summed E-state index contributed by atoms with van der Waals surface area (Å²) in [6, 6.07) is 0. The maximum absolute atomic E-state index is 11.6. The quantitative estimate of drug-likeness (QED) is 0.649. The fourth-order valence-corrected chi connectivity index (χ4v) is 1.81. The molecule has 1 aliphatic rings. The van der Waals surface area contributed by atoms with Crippen molar-refractivity contribution >= 4 is 11.8 Å². The molecule has 1 heterocycles. The maximum atomic E-state index is 11.6. The summed E-state index contributed by atoms with van der Waals surface area (Å²) in [5, 5.41) is 3.25. The molecule has 3 N–H and O–H groups in total. The molecule has 0 bridgehead atoms. The van der Waals surface area contributed by atoms with Crippen LogP contribution in [0.3, 0.4) is 0 Å². The number of nitrogens with zero attached hydrogens (tertiary/aromatic N) is 1. The van der Waals surface area contributed by atoms with Crippen LogP contribution in [0.5, 0.6) is 0 Å². The Morgan fingerprint density at radius 2 is 2.00 bits per heavy atom. The Labute approximate surface area is 90.0 Å². The van der Waals surface area contributed by atoms with Crippen molar-refractivity contribution in [2.45, 2.75) is 19.3 Å². The zero-order chi connectivity index (χ0) is 11.3. The molecule has 0 saturated carbocycles. The summed E-state index contributed by atoms with van der Waals surface area (Å²) in [5.41, 5.74) is 5.02. The van der Waals surface area contributed by atoms with E-state index in [-0.39, 0.29) is 12.5 Å². The number of hydrogen-bond donors (Lipinski definition) is 2. The molecule has 0 spiro atoms. The van der Waals surface area contributed by atoms with Gasteiger partial charge in [0, 0.05) is 13.5 Å². The highest BCUT2D eigenvalue weighted by Gasteiger charge is 2.19. The molecule has 0 aromatic rings. The SMILES string of the molecule is CN(CC(N)=O)C(=O)CC1CCNCC1. The number of amides is 2. The van der Waals surface area contributed by atoms with Gasteiger partial charge in [0.15, 0.2) is 0 Å². The molecule has 0 aliphatic carbocycles. The molecule has 0 atom stereocenters. The second-order valence-electron chi connectivity index (χ2n) is 4.11. The summed E-state index contributed by atoms with van der Waals surface area (Å²) < 4.78 is 0. The first kappa shape index (κ1) is 12.0. The zero-order valence-electron chi connectivity index (χ0n) is 9.16. The van der Waals surface area contributed by atoms with Crippen molar-refractivity contribution in [3.8, 4) is 0 Å². The number of carbonyl (C=O) groups excluding carboxylic acids is 2. The van der Waals surface area contributed by atoms with Crippen LogP contribution >= 0.6 is 0 Å². The Hall–Kier alpha value is -1.10. The van der Waals surface area contributed by atoms with Gasteiger partial charge in [-0.05, 0) is 31.8 Å². The number of piperidine rings is 1. The Bertz CT molecular complexity index is 237. The first-order valence-electron chi connectivity index (χ1n) is 5.32. The first-order valence-corrected chi connectivity index (χ1v) is 5.32. The standard InChI is InChI=1S/C10H19N3O2/c1-13(7-9(11)14)10(15)6-8-2-4-12-5-3-8/h8,12H,2-7H2,1H3,(H2,11,14). The molecule has 5 nitrogen and oxygen atoms in total. The van der Waals surface area contributed by atoms with Crippen molar-refractivity contribution in [1.29, 1.82) is 0 Å². The van der Waals surface area contributed by atoms with Crippen LogP contribution in [0, 0.1) is 5.92 Å². The van der Waals surface area contributed by atoms with E-state index in [2.05, 4.69) is 5.32 Å². The summed E-state index contributed by atoms with van der Waals surface area (Å²) in [6.45, 7) is 1.98. The molecule has 0 radical (unpaired) electrons. The lowest BCUT2D eigenvalue weighted by Crippen LogP contribution is -2.37. The van der Waals surface area contributed by atoms with Gasteiger partial charge in [0.05, 0.1) is 6.54 Å². The smallest absolute Gasteiger partial charge is 0.237 e. The Morgan fingerprint density at radius 1 is 1.40 bits per heavy atom. The average Bonchev–Trinajstić information content (AvgIpc) is 2.18. The fourth-order valence-electron chi connectivity index (χ4n) is 1.81. The normalized spacial score (nSPS) is 17.4. The van der Waals surface area contributed by atoms with Crippen LogP contribution in [0.25, 0.3) is 0 Å². The number of likely N-dealkylation sites (N-methyl/N-ethyl adjacent to an activating group) is 1. The van der Waals surface area contributed by atoms with Gasteiger partial charge in [-0.15, -0.1) is 0 Å². The lowest BCUT2D eigenvalue weighted by molar-refractivity contribution is -0.134. The van der Waals surface area contributed by atoms with Crippen LogP contribution in [0.4, 0.5) is 0 Å². The molecule has 1 fully saturated rings. The lowest BCUT2D eigenvalue weighted by Gasteiger charge is -2.24. The van der Waals surface area contributed by atoms with Crippen LogP contribution < -0.4 is 11.1 Å². The summed E-state index contributed by atoms with van der Waals surface area (Å²) in [6.07, 6.45) is 2.61. The third-order valence-electron chi connectivity index (χ3n) is 2.74. The highest BCUT2D eigenvalue weighted by Crippen LogP contribution is 2.16. The second kappa shape index (κ2) is 5.70. The van der Waals surface area contributed by atoms with Crippen LogP contribution in [0.15, 0.2) is 0 Å². The largest absolute Gasteiger partial charge is 0.368 e. The number of carbonyl (C=O) groups is 2. The van der Waals surface area contributed by atoms with E-state index in [9.17, 15) is 9.59 Å². The van der Waals surface area contributed by atoms with Gasteiger partial charge in [-0.2, -0.15) is 0 Å². The van der Waals surface area contributed by atoms with Crippen LogP contribution in [0.1, 0.15) is 19.3 Å². The first-order chi connectivity index (χ1) is 7.09. The van der Waals surface area contributed by atoms with Gasteiger partial charge < -0.3 is 16.0 Å². The van der Waals surface area contributed by atoms with Crippen molar-refractivity contribution in [2.24, 2.45) is 11.7 Å². The van der Waals surface area contributed by atoms with Gasteiger partial charge in [0.25, 0.3) is 0 Å². The molecule has 1 aliphatic heterocycles. The lowest BCUT2D eigenvalue weighted by atomic mass is 9.94. The van der Waals surface area contributed by atoms with Crippen molar-refractivity contribution in [3.05, 3.63) is 0 Å². The van der Waals surface area contributed by atoms with Gasteiger partial charge in [-0.25, -0.2) is 0 Å². The molecule has 1 rings (SSSR count). The maximum Gasteiger partial charge on any atom is 0.237 e. The third-order valence-corrected chi connectivity index (χ3v) is 2.74. The molecular weight excluding hydrogens is 194 g/mol. The highest BCUT2D eigenvalue weighted by atomic mass is 16.2. The van der Waals surface area contributed by atoms with E-state index in [4.69, 9.17) is 5.73 Å². The van der Waals surface area contributed by atoms with Crippen molar-refractivity contribution in [1.82, 2.24) is 10.2 Å². The average molecular weight is 213 g/mol. The van der Waals surface area contributed by atoms with Gasteiger partial charge in [0.2, 0.25) is 11.8 Å².